The highest BCUT2D eigenvalue weighted by atomic mass is 14.9. The van der Waals surface area contributed by atoms with E-state index in [-0.39, 0.29) is 0 Å². The van der Waals surface area contributed by atoms with Crippen molar-refractivity contribution in [3.05, 3.63) is 48.3 Å². The van der Waals surface area contributed by atoms with Gasteiger partial charge in [-0.2, -0.15) is 0 Å². The molecular weight excluding hydrogens is 224 g/mol. The Morgan fingerprint density at radius 1 is 1.11 bits per heavy atom. The summed E-state index contributed by atoms with van der Waals surface area (Å²) >= 11 is 0. The van der Waals surface area contributed by atoms with E-state index in [2.05, 4.69) is 39.2 Å². The smallest absolute Gasteiger partial charge is 0.138 e. The van der Waals surface area contributed by atoms with Crippen LogP contribution in [0.5, 0.6) is 0 Å². The zero-order valence-corrected chi connectivity index (χ0v) is 9.93. The molecule has 0 aliphatic heterocycles. The highest BCUT2D eigenvalue weighted by molar-refractivity contribution is 5.78. The lowest BCUT2D eigenvalue weighted by molar-refractivity contribution is 0.969. The van der Waals surface area contributed by atoms with Crippen LogP contribution in [0.25, 0.3) is 22.4 Å². The second-order valence-electron chi connectivity index (χ2n) is 4.21. The molecule has 0 spiro atoms. The van der Waals surface area contributed by atoms with Crippen LogP contribution in [0, 0.1) is 0 Å². The maximum absolute atomic E-state index is 5.54. The van der Waals surface area contributed by atoms with Crippen LogP contribution in [0.15, 0.2) is 42.7 Å². The Balaban J connectivity index is 1.98. The highest BCUT2D eigenvalue weighted by Gasteiger charge is 2.04. The molecule has 0 aliphatic rings. The van der Waals surface area contributed by atoms with Crippen molar-refractivity contribution in [1.29, 1.82) is 0 Å². The molecule has 0 atom stereocenters. The number of hydrogen-bond donors (Lipinski definition) is 2. The van der Waals surface area contributed by atoms with Gasteiger partial charge in [0.05, 0.1) is 17.2 Å². The molecule has 18 heavy (non-hydrogen) atoms. The van der Waals surface area contributed by atoms with E-state index in [1.807, 2.05) is 6.07 Å². The van der Waals surface area contributed by atoms with Gasteiger partial charge in [0.1, 0.15) is 5.82 Å². The van der Waals surface area contributed by atoms with Gasteiger partial charge in [0, 0.05) is 11.8 Å². The van der Waals surface area contributed by atoms with Crippen molar-refractivity contribution in [1.82, 2.24) is 15.0 Å². The Kier molecular flexibility index (Phi) is 2.78. The summed E-state index contributed by atoms with van der Waals surface area (Å²) in [5, 5.41) is 0. The van der Waals surface area contributed by atoms with Crippen LogP contribution in [-0.2, 0) is 6.42 Å². The fraction of sp³-hybridized carbons (Fsp3) is 0.143. The lowest BCUT2D eigenvalue weighted by atomic mass is 10.1. The van der Waals surface area contributed by atoms with Crippen LogP contribution in [0.4, 0.5) is 0 Å². The van der Waals surface area contributed by atoms with Crippen molar-refractivity contribution in [2.45, 2.75) is 6.42 Å². The first-order chi connectivity index (χ1) is 8.86. The second kappa shape index (κ2) is 4.58. The predicted octanol–water partition coefficient (Wildman–Crippen LogP) is 2.13. The SMILES string of the molecule is NCCc1ccc(-c2nc3ccncc3[nH]2)cc1. The molecule has 2 aromatic heterocycles. The molecule has 0 amide bonds. The van der Waals surface area contributed by atoms with Crippen LogP contribution in [-0.4, -0.2) is 21.5 Å². The van der Waals surface area contributed by atoms with E-state index in [1.54, 1.807) is 12.4 Å². The number of rotatable bonds is 3. The van der Waals surface area contributed by atoms with Gasteiger partial charge in [0.25, 0.3) is 0 Å². The molecule has 1 aromatic carbocycles. The second-order valence-corrected chi connectivity index (χ2v) is 4.21. The van der Waals surface area contributed by atoms with E-state index in [0.717, 1.165) is 28.8 Å². The summed E-state index contributed by atoms with van der Waals surface area (Å²) in [7, 11) is 0. The largest absolute Gasteiger partial charge is 0.337 e. The quantitative estimate of drug-likeness (QED) is 0.734. The molecule has 0 bridgehead atoms. The van der Waals surface area contributed by atoms with Gasteiger partial charge in [-0.05, 0) is 24.6 Å². The number of pyridine rings is 1. The van der Waals surface area contributed by atoms with Crippen molar-refractivity contribution >= 4 is 11.0 Å². The molecule has 3 N–H and O–H groups in total. The normalized spacial score (nSPS) is 10.9. The number of nitrogens with one attached hydrogen (secondary N) is 1. The van der Waals surface area contributed by atoms with Crippen LogP contribution in [0.1, 0.15) is 5.56 Å². The number of benzene rings is 1. The number of imidazole rings is 1. The Hall–Kier alpha value is -2.20. The summed E-state index contributed by atoms with van der Waals surface area (Å²) < 4.78 is 0. The van der Waals surface area contributed by atoms with Crippen LogP contribution in [0.2, 0.25) is 0 Å². The molecule has 0 radical (unpaired) electrons. The lowest BCUT2D eigenvalue weighted by Crippen LogP contribution is -2.02. The molecular formula is C14H14N4. The predicted molar refractivity (Wildman–Crippen MR) is 72.1 cm³/mol. The number of aromatic nitrogens is 3. The van der Waals surface area contributed by atoms with E-state index in [1.165, 1.54) is 5.56 Å². The average molecular weight is 238 g/mol. The lowest BCUT2D eigenvalue weighted by Gasteiger charge is -2.00. The maximum Gasteiger partial charge on any atom is 0.138 e. The fourth-order valence-electron chi connectivity index (χ4n) is 1.99. The number of nitrogens with zero attached hydrogens (tertiary/aromatic N) is 2. The van der Waals surface area contributed by atoms with E-state index in [4.69, 9.17) is 5.73 Å². The Bertz CT molecular complexity index is 622. The van der Waals surface area contributed by atoms with Crippen molar-refractivity contribution < 1.29 is 0 Å². The first-order valence-corrected chi connectivity index (χ1v) is 5.96. The van der Waals surface area contributed by atoms with Crippen LogP contribution < -0.4 is 5.73 Å². The van der Waals surface area contributed by atoms with Crippen LogP contribution in [0.3, 0.4) is 0 Å². The zero-order valence-electron chi connectivity index (χ0n) is 9.93. The van der Waals surface area contributed by atoms with Gasteiger partial charge < -0.3 is 10.7 Å². The summed E-state index contributed by atoms with van der Waals surface area (Å²) in [5.74, 6) is 0.872. The van der Waals surface area contributed by atoms with Crippen molar-refractivity contribution in [2.24, 2.45) is 5.73 Å². The molecule has 0 fully saturated rings. The van der Waals surface area contributed by atoms with E-state index >= 15 is 0 Å². The summed E-state index contributed by atoms with van der Waals surface area (Å²) in [4.78, 5) is 11.9. The standard InChI is InChI=1S/C14H14N4/c15-7-5-10-1-3-11(4-2-10)14-17-12-6-8-16-9-13(12)18-14/h1-4,6,8-9H,5,7,15H2,(H,17,18). The minimum atomic E-state index is 0.676. The third kappa shape index (κ3) is 1.98. The molecule has 90 valence electrons. The number of H-pyrrole nitrogens is 1. The van der Waals surface area contributed by atoms with Crippen molar-refractivity contribution in [2.75, 3.05) is 6.54 Å². The maximum atomic E-state index is 5.54. The Labute approximate surface area is 105 Å². The molecule has 3 aromatic rings. The Morgan fingerprint density at radius 2 is 1.94 bits per heavy atom. The van der Waals surface area contributed by atoms with Gasteiger partial charge in [0.2, 0.25) is 0 Å². The van der Waals surface area contributed by atoms with Gasteiger partial charge in [-0.25, -0.2) is 4.98 Å². The highest BCUT2D eigenvalue weighted by Crippen LogP contribution is 2.20. The van der Waals surface area contributed by atoms with E-state index < -0.39 is 0 Å². The van der Waals surface area contributed by atoms with Crippen molar-refractivity contribution in [3.63, 3.8) is 0 Å². The molecule has 4 heteroatoms. The fourth-order valence-corrected chi connectivity index (χ4v) is 1.99. The third-order valence-electron chi connectivity index (χ3n) is 2.94. The minimum Gasteiger partial charge on any atom is -0.337 e. The molecule has 2 heterocycles. The number of fused-ring (bicyclic) bond motifs is 1. The van der Waals surface area contributed by atoms with E-state index in [9.17, 15) is 0 Å². The van der Waals surface area contributed by atoms with Gasteiger partial charge >= 0.3 is 0 Å². The first-order valence-electron chi connectivity index (χ1n) is 5.96. The summed E-state index contributed by atoms with van der Waals surface area (Å²) in [6.45, 7) is 0.676. The van der Waals surface area contributed by atoms with Gasteiger partial charge in [-0.15, -0.1) is 0 Å². The molecule has 4 nitrogen and oxygen atoms in total. The number of aromatic amines is 1. The van der Waals surface area contributed by atoms with Crippen LogP contribution >= 0.6 is 0 Å². The Morgan fingerprint density at radius 3 is 2.67 bits per heavy atom. The van der Waals surface area contributed by atoms with Crippen molar-refractivity contribution in [3.8, 4) is 11.4 Å². The summed E-state index contributed by atoms with van der Waals surface area (Å²) in [6.07, 6.45) is 4.44. The summed E-state index contributed by atoms with van der Waals surface area (Å²) in [6, 6.07) is 10.2. The first kappa shape index (κ1) is 10.9. The zero-order chi connectivity index (χ0) is 12.4. The topological polar surface area (TPSA) is 67.6 Å². The number of hydrogen-bond acceptors (Lipinski definition) is 3. The average Bonchev–Trinajstić information content (AvgIpc) is 2.84. The van der Waals surface area contributed by atoms with Gasteiger partial charge in [-0.1, -0.05) is 24.3 Å². The molecule has 3 rings (SSSR count). The summed E-state index contributed by atoms with van der Waals surface area (Å²) in [5.41, 5.74) is 9.75. The monoisotopic (exact) mass is 238 g/mol. The minimum absolute atomic E-state index is 0.676. The third-order valence-corrected chi connectivity index (χ3v) is 2.94. The molecule has 0 saturated heterocycles. The van der Waals surface area contributed by atoms with Gasteiger partial charge in [-0.3, -0.25) is 4.98 Å². The molecule has 0 unspecified atom stereocenters. The van der Waals surface area contributed by atoms with Gasteiger partial charge in [0.15, 0.2) is 0 Å². The van der Waals surface area contributed by atoms with E-state index in [0.29, 0.717) is 6.54 Å². The number of nitrogens with two attached hydrogens (primary N) is 1. The molecule has 0 saturated carbocycles. The molecule has 0 aliphatic carbocycles.